The fraction of sp³-hybridized carbons (Fsp3) is 0.822. The molecule has 0 aromatic rings. The second-order valence-electron chi connectivity index (χ2n) is 21.2. The summed E-state index contributed by atoms with van der Waals surface area (Å²) in [6, 6.07) is 3.59. The van der Waals surface area contributed by atoms with Crippen LogP contribution >= 0.6 is 11.8 Å². The average molecular weight is 787 g/mol. The third-order valence-electron chi connectivity index (χ3n) is 15.6. The lowest BCUT2D eigenvalue weighted by molar-refractivity contribution is -0.0386. The summed E-state index contributed by atoms with van der Waals surface area (Å²) in [4.78, 5) is 0. The summed E-state index contributed by atoms with van der Waals surface area (Å²) in [5, 5.41) is 0.878. The molecule has 4 aliphatic carbocycles. The van der Waals surface area contributed by atoms with Crippen LogP contribution in [0.15, 0.2) is 47.1 Å². The van der Waals surface area contributed by atoms with Gasteiger partial charge in [-0.2, -0.15) is 11.8 Å². The molecule has 7 atom stereocenters. The Bertz CT molecular complexity index is 1380. The number of thioether (sulfide) groups is 1. The summed E-state index contributed by atoms with van der Waals surface area (Å²) in [5.41, 5.74) is 5.05. The van der Waals surface area contributed by atoms with Gasteiger partial charge >= 0.3 is 0 Å². The van der Waals surface area contributed by atoms with Crippen molar-refractivity contribution in [2.24, 2.45) is 22.7 Å². The van der Waals surface area contributed by atoms with Gasteiger partial charge in [-0.05, 0) is 125 Å². The smallest absolute Gasteiger partial charge is 0.193 e. The largest absolute Gasteiger partial charge is 0.414 e. The number of hydrogen-bond donors (Lipinski definition) is 0. The Labute approximate surface area is 330 Å². The predicted octanol–water partition coefficient (Wildman–Crippen LogP) is 14.3. The van der Waals surface area contributed by atoms with Crippen molar-refractivity contribution < 1.29 is 13.3 Å². The van der Waals surface area contributed by atoms with Gasteiger partial charge in [-0.15, -0.1) is 0 Å². The molecule has 3 nitrogen and oxygen atoms in total. The predicted molar refractivity (Wildman–Crippen MR) is 238 cm³/mol. The standard InChI is InChI=1S/C45H82O3SSi3/c1-19-52(20-2,21-3)48-43(11,12)28-22-30-49-33(4)37-25-26-38-36-24-23-34-31-35(46-50(15,16)41(5,6)7)32-40(47-51(17,18)42(8,9)10)45(34,14)39(36)27-29-44(37,38)13/h22-25,28,33,35,38-40H,19-21,26-27,29-32H2,1-18H3/b28-22-/t33?,35?,38-,39-,40?,44+,45-/m0/s1. The van der Waals surface area contributed by atoms with E-state index in [9.17, 15) is 0 Å². The molecule has 2 fully saturated rings. The molecular weight excluding hydrogens is 705 g/mol. The van der Waals surface area contributed by atoms with E-state index in [1.54, 1.807) is 16.7 Å². The van der Waals surface area contributed by atoms with Crippen LogP contribution in [0, 0.1) is 22.7 Å². The molecule has 0 radical (unpaired) electrons. The van der Waals surface area contributed by atoms with Gasteiger partial charge in [0.25, 0.3) is 0 Å². The molecule has 52 heavy (non-hydrogen) atoms. The van der Waals surface area contributed by atoms with Gasteiger partial charge in [0.15, 0.2) is 25.0 Å². The van der Waals surface area contributed by atoms with Crippen LogP contribution in [0.2, 0.25) is 54.4 Å². The molecule has 0 spiro atoms. The van der Waals surface area contributed by atoms with Gasteiger partial charge in [-0.25, -0.2) is 0 Å². The molecule has 0 saturated heterocycles. The van der Waals surface area contributed by atoms with Gasteiger partial charge < -0.3 is 13.3 Å². The minimum Gasteiger partial charge on any atom is -0.414 e. The fourth-order valence-electron chi connectivity index (χ4n) is 9.82. The van der Waals surface area contributed by atoms with Crippen molar-refractivity contribution in [2.45, 2.75) is 206 Å². The van der Waals surface area contributed by atoms with Gasteiger partial charge in [-0.1, -0.05) is 123 Å². The Hall–Kier alpha value is -0.159. The SMILES string of the molecule is CC[Si](CC)(CC)OC(C)(C)/C=C\CSC(C)C1=CC[C@H]2C3=CC=C4CC(O[Si](C)(C)C(C)(C)C)CC(O[Si](C)(C)C(C)(C)C)[C@]4(C)[C@H]3CC[C@]12C. The molecule has 0 heterocycles. The minimum atomic E-state index is -2.03. The Morgan fingerprint density at radius 3 is 2.00 bits per heavy atom. The van der Waals surface area contributed by atoms with E-state index in [-0.39, 0.29) is 38.7 Å². The molecule has 2 saturated carbocycles. The number of allylic oxidation sites excluding steroid dienone is 4. The molecule has 3 unspecified atom stereocenters. The van der Waals surface area contributed by atoms with Gasteiger partial charge in [0.1, 0.15) is 0 Å². The van der Waals surface area contributed by atoms with Gasteiger partial charge in [0.05, 0.1) is 17.8 Å². The van der Waals surface area contributed by atoms with Crippen LogP contribution < -0.4 is 0 Å². The second-order valence-corrected chi connectivity index (χ2v) is 36.8. The number of rotatable bonds is 14. The monoisotopic (exact) mass is 787 g/mol. The zero-order chi connectivity index (χ0) is 39.3. The molecule has 0 bridgehead atoms. The summed E-state index contributed by atoms with van der Waals surface area (Å²) >= 11 is 2.11. The Morgan fingerprint density at radius 1 is 0.865 bits per heavy atom. The lowest BCUT2D eigenvalue weighted by Gasteiger charge is -2.59. The molecule has 298 valence electrons. The van der Waals surface area contributed by atoms with Crippen molar-refractivity contribution >= 4 is 36.7 Å². The normalized spacial score (nSPS) is 31.1. The second kappa shape index (κ2) is 15.6. The highest BCUT2D eigenvalue weighted by Crippen LogP contribution is 2.65. The van der Waals surface area contributed by atoms with E-state index in [0.717, 1.165) is 18.6 Å². The highest BCUT2D eigenvalue weighted by molar-refractivity contribution is 8.00. The van der Waals surface area contributed by atoms with Crippen LogP contribution in [0.1, 0.15) is 129 Å². The molecule has 7 heteroatoms. The highest BCUT2D eigenvalue weighted by atomic mass is 32.2. The third kappa shape index (κ3) is 8.71. The van der Waals surface area contributed by atoms with Crippen LogP contribution in [-0.2, 0) is 13.3 Å². The molecule has 0 N–H and O–H groups in total. The lowest BCUT2D eigenvalue weighted by atomic mass is 9.49. The zero-order valence-corrected chi connectivity index (χ0v) is 41.1. The summed E-state index contributed by atoms with van der Waals surface area (Å²) in [6.07, 6.45) is 18.7. The van der Waals surface area contributed by atoms with Gasteiger partial charge in [0, 0.05) is 16.4 Å². The summed E-state index contributed by atoms with van der Waals surface area (Å²) in [6.45, 7) is 43.3. The van der Waals surface area contributed by atoms with E-state index < -0.39 is 25.0 Å². The van der Waals surface area contributed by atoms with Gasteiger partial charge in [-0.3, -0.25) is 0 Å². The van der Waals surface area contributed by atoms with Crippen molar-refractivity contribution in [2.75, 3.05) is 5.75 Å². The zero-order valence-electron chi connectivity index (χ0n) is 37.3. The Balaban J connectivity index is 1.55. The Kier molecular flexibility index (Phi) is 13.4. The van der Waals surface area contributed by atoms with E-state index in [1.807, 2.05) is 0 Å². The maximum atomic E-state index is 7.59. The Morgan fingerprint density at radius 2 is 1.44 bits per heavy atom. The van der Waals surface area contributed by atoms with Crippen LogP contribution in [0.5, 0.6) is 0 Å². The van der Waals surface area contributed by atoms with Crippen LogP contribution in [0.4, 0.5) is 0 Å². The lowest BCUT2D eigenvalue weighted by Crippen LogP contribution is -2.58. The van der Waals surface area contributed by atoms with Crippen molar-refractivity contribution in [1.82, 2.24) is 0 Å². The minimum absolute atomic E-state index is 0.0186. The number of hydrogen-bond acceptors (Lipinski definition) is 4. The maximum Gasteiger partial charge on any atom is 0.193 e. The summed E-state index contributed by atoms with van der Waals surface area (Å²) in [7, 11) is -5.59. The van der Waals surface area contributed by atoms with Crippen molar-refractivity contribution in [3.63, 3.8) is 0 Å². The quantitative estimate of drug-likeness (QED) is 0.129. The first-order valence-corrected chi connectivity index (χ1v) is 30.6. The van der Waals surface area contributed by atoms with Gasteiger partial charge in [0.2, 0.25) is 0 Å². The van der Waals surface area contributed by atoms with E-state index in [4.69, 9.17) is 13.3 Å². The molecule has 4 aliphatic rings. The first-order chi connectivity index (χ1) is 23.7. The first-order valence-electron chi connectivity index (χ1n) is 21.2. The molecule has 0 amide bonds. The van der Waals surface area contributed by atoms with E-state index in [2.05, 4.69) is 165 Å². The van der Waals surface area contributed by atoms with Crippen molar-refractivity contribution in [3.8, 4) is 0 Å². The van der Waals surface area contributed by atoms with Crippen molar-refractivity contribution in [1.29, 1.82) is 0 Å². The summed E-state index contributed by atoms with van der Waals surface area (Å²) < 4.78 is 21.7. The highest BCUT2D eigenvalue weighted by Gasteiger charge is 2.59. The topological polar surface area (TPSA) is 27.7 Å². The van der Waals surface area contributed by atoms with Crippen molar-refractivity contribution in [3.05, 3.63) is 47.1 Å². The summed E-state index contributed by atoms with van der Waals surface area (Å²) in [5.74, 6) is 2.16. The third-order valence-corrected chi connectivity index (χ3v) is 30.6. The van der Waals surface area contributed by atoms with E-state index >= 15 is 0 Å². The van der Waals surface area contributed by atoms with Crippen LogP contribution in [0.3, 0.4) is 0 Å². The van der Waals surface area contributed by atoms with E-state index in [1.165, 1.54) is 37.4 Å². The molecule has 4 rings (SSSR count). The molecule has 0 aliphatic heterocycles. The van der Waals surface area contributed by atoms with Crippen LogP contribution in [-0.4, -0.2) is 53.8 Å². The average Bonchev–Trinajstić information content (AvgIpc) is 3.38. The molecular formula is C45H82O3SSi3. The van der Waals surface area contributed by atoms with Crippen LogP contribution in [0.25, 0.3) is 0 Å². The van der Waals surface area contributed by atoms with E-state index in [0.29, 0.717) is 17.1 Å². The molecule has 0 aromatic carbocycles. The fourth-order valence-corrected chi connectivity index (χ4v) is 16.8. The maximum absolute atomic E-state index is 7.59. The first kappa shape index (κ1) is 44.6. The molecule has 0 aromatic heterocycles. The number of fused-ring (bicyclic) bond motifs is 5.